The van der Waals surface area contributed by atoms with Gasteiger partial charge in [-0.1, -0.05) is 56.9 Å². The van der Waals surface area contributed by atoms with Gasteiger partial charge in [-0.15, -0.1) is 0 Å². The van der Waals surface area contributed by atoms with Gasteiger partial charge in [0.25, 0.3) is 0 Å². The van der Waals surface area contributed by atoms with Gasteiger partial charge < -0.3 is 10.2 Å². The molecule has 0 heterocycles. The van der Waals surface area contributed by atoms with Crippen LogP contribution in [0, 0.1) is 0 Å². The lowest BCUT2D eigenvalue weighted by Crippen LogP contribution is -2.01. The number of carbonyl (C=O) groups is 1. The van der Waals surface area contributed by atoms with E-state index in [0.717, 1.165) is 44.9 Å². The predicted octanol–water partition coefficient (Wildman–Crippen LogP) is 3.69. The third kappa shape index (κ3) is 13.0. The molecule has 0 amide bonds. The molecule has 0 aliphatic carbocycles. The van der Waals surface area contributed by atoms with E-state index in [1.54, 1.807) is 0 Å². The van der Waals surface area contributed by atoms with E-state index in [2.05, 4.69) is 6.92 Å². The van der Waals surface area contributed by atoms with Crippen molar-refractivity contribution in [1.29, 1.82) is 0 Å². The zero-order valence-electron chi connectivity index (χ0n) is 11.3. The lowest BCUT2D eigenvalue weighted by molar-refractivity contribution is -0.137. The highest BCUT2D eigenvalue weighted by Gasteiger charge is 1.99. The van der Waals surface area contributed by atoms with E-state index in [4.69, 9.17) is 5.11 Å². The first-order valence-corrected chi connectivity index (χ1v) is 6.90. The Morgan fingerprint density at radius 3 is 2.44 bits per heavy atom. The SMILES string of the molecule is CC/C=C/C=C/[C@H](O)CCCCCCCC(=O)O. The summed E-state index contributed by atoms with van der Waals surface area (Å²) in [6.07, 6.45) is 14.3. The van der Waals surface area contributed by atoms with Crippen molar-refractivity contribution in [2.45, 2.75) is 64.4 Å². The first-order chi connectivity index (χ1) is 8.66. The van der Waals surface area contributed by atoms with Crippen molar-refractivity contribution in [2.75, 3.05) is 0 Å². The smallest absolute Gasteiger partial charge is 0.303 e. The van der Waals surface area contributed by atoms with Gasteiger partial charge in [0.15, 0.2) is 0 Å². The summed E-state index contributed by atoms with van der Waals surface area (Å²) in [6, 6.07) is 0. The van der Waals surface area contributed by atoms with Crippen LogP contribution in [-0.2, 0) is 4.79 Å². The van der Waals surface area contributed by atoms with Gasteiger partial charge in [-0.25, -0.2) is 0 Å². The van der Waals surface area contributed by atoms with Crippen molar-refractivity contribution in [3.63, 3.8) is 0 Å². The van der Waals surface area contributed by atoms with Crippen molar-refractivity contribution < 1.29 is 15.0 Å². The molecule has 0 aromatic rings. The minimum absolute atomic E-state index is 0.273. The highest BCUT2D eigenvalue weighted by Crippen LogP contribution is 2.09. The van der Waals surface area contributed by atoms with Gasteiger partial charge in [0, 0.05) is 6.42 Å². The topological polar surface area (TPSA) is 57.5 Å². The number of carboxylic acids is 1. The molecule has 104 valence electrons. The Hall–Kier alpha value is -1.09. The second-order valence-corrected chi connectivity index (χ2v) is 4.49. The molecule has 0 unspecified atom stereocenters. The fraction of sp³-hybridized carbons (Fsp3) is 0.667. The van der Waals surface area contributed by atoms with Crippen LogP contribution in [0.15, 0.2) is 24.3 Å². The van der Waals surface area contributed by atoms with Gasteiger partial charge >= 0.3 is 5.97 Å². The molecular weight excluding hydrogens is 228 g/mol. The van der Waals surface area contributed by atoms with Gasteiger partial charge in [0.05, 0.1) is 6.10 Å². The quantitative estimate of drug-likeness (QED) is 0.437. The summed E-state index contributed by atoms with van der Waals surface area (Å²) in [7, 11) is 0. The van der Waals surface area contributed by atoms with Crippen LogP contribution in [0.5, 0.6) is 0 Å². The third-order valence-corrected chi connectivity index (χ3v) is 2.71. The predicted molar refractivity (Wildman–Crippen MR) is 74.5 cm³/mol. The van der Waals surface area contributed by atoms with E-state index in [9.17, 15) is 9.90 Å². The lowest BCUT2D eigenvalue weighted by atomic mass is 10.1. The number of allylic oxidation sites excluding steroid dienone is 3. The molecule has 18 heavy (non-hydrogen) atoms. The van der Waals surface area contributed by atoms with Crippen LogP contribution >= 0.6 is 0 Å². The van der Waals surface area contributed by atoms with Gasteiger partial charge in [-0.3, -0.25) is 4.79 Å². The normalized spacial score (nSPS) is 13.4. The summed E-state index contributed by atoms with van der Waals surface area (Å²) >= 11 is 0. The van der Waals surface area contributed by atoms with Crippen LogP contribution in [0.3, 0.4) is 0 Å². The summed E-state index contributed by atoms with van der Waals surface area (Å²) in [6.45, 7) is 2.07. The molecule has 0 bridgehead atoms. The molecule has 0 fully saturated rings. The summed E-state index contributed by atoms with van der Waals surface area (Å²) < 4.78 is 0. The molecule has 0 aromatic carbocycles. The Bertz CT molecular complexity index is 256. The Morgan fingerprint density at radius 2 is 1.78 bits per heavy atom. The van der Waals surface area contributed by atoms with E-state index in [-0.39, 0.29) is 12.5 Å². The fourth-order valence-electron chi connectivity index (χ4n) is 1.66. The average Bonchev–Trinajstić information content (AvgIpc) is 2.33. The molecule has 0 radical (unpaired) electrons. The highest BCUT2D eigenvalue weighted by atomic mass is 16.4. The van der Waals surface area contributed by atoms with Crippen LogP contribution < -0.4 is 0 Å². The van der Waals surface area contributed by atoms with Gasteiger partial charge in [-0.05, 0) is 19.3 Å². The van der Waals surface area contributed by atoms with Crippen molar-refractivity contribution in [3.05, 3.63) is 24.3 Å². The Kier molecular flexibility index (Phi) is 11.6. The Morgan fingerprint density at radius 1 is 1.11 bits per heavy atom. The zero-order chi connectivity index (χ0) is 13.6. The van der Waals surface area contributed by atoms with Crippen LogP contribution in [0.1, 0.15) is 58.3 Å². The maximum Gasteiger partial charge on any atom is 0.303 e. The third-order valence-electron chi connectivity index (χ3n) is 2.71. The largest absolute Gasteiger partial charge is 0.481 e. The minimum atomic E-state index is -0.712. The van der Waals surface area contributed by atoms with Gasteiger partial charge in [0.2, 0.25) is 0 Å². The summed E-state index contributed by atoms with van der Waals surface area (Å²) in [5.74, 6) is -0.712. The molecule has 0 aliphatic heterocycles. The first-order valence-electron chi connectivity index (χ1n) is 6.90. The highest BCUT2D eigenvalue weighted by molar-refractivity contribution is 5.66. The first kappa shape index (κ1) is 16.9. The molecular formula is C15H26O3. The number of unbranched alkanes of at least 4 members (excludes halogenated alkanes) is 4. The number of hydrogen-bond acceptors (Lipinski definition) is 2. The van der Waals surface area contributed by atoms with Crippen molar-refractivity contribution in [3.8, 4) is 0 Å². The molecule has 2 N–H and O–H groups in total. The summed E-state index contributed by atoms with van der Waals surface area (Å²) in [5, 5.41) is 18.1. The van der Waals surface area contributed by atoms with Crippen molar-refractivity contribution in [2.24, 2.45) is 0 Å². The molecule has 0 aliphatic rings. The van der Waals surface area contributed by atoms with E-state index in [1.165, 1.54) is 0 Å². The average molecular weight is 254 g/mol. The van der Waals surface area contributed by atoms with Crippen LogP contribution in [-0.4, -0.2) is 22.3 Å². The summed E-state index contributed by atoms with van der Waals surface area (Å²) in [5.41, 5.74) is 0. The molecule has 0 saturated carbocycles. The van der Waals surface area contributed by atoms with E-state index >= 15 is 0 Å². The Balaban J connectivity index is 3.35. The van der Waals surface area contributed by atoms with Crippen LogP contribution in [0.4, 0.5) is 0 Å². The zero-order valence-corrected chi connectivity index (χ0v) is 11.3. The van der Waals surface area contributed by atoms with Crippen LogP contribution in [0.25, 0.3) is 0 Å². The number of rotatable bonds is 11. The van der Waals surface area contributed by atoms with E-state index < -0.39 is 5.97 Å². The van der Waals surface area contributed by atoms with Gasteiger partial charge in [0.1, 0.15) is 0 Å². The van der Waals surface area contributed by atoms with E-state index in [0.29, 0.717) is 0 Å². The maximum absolute atomic E-state index is 10.3. The molecule has 0 aromatic heterocycles. The molecule has 0 spiro atoms. The monoisotopic (exact) mass is 254 g/mol. The number of carboxylic acid groups (broad SMARTS) is 1. The molecule has 1 atom stereocenters. The maximum atomic E-state index is 10.3. The second kappa shape index (κ2) is 12.4. The van der Waals surface area contributed by atoms with E-state index in [1.807, 2.05) is 24.3 Å². The second-order valence-electron chi connectivity index (χ2n) is 4.49. The molecule has 0 saturated heterocycles. The number of aliphatic hydroxyl groups excluding tert-OH is 1. The van der Waals surface area contributed by atoms with Crippen LogP contribution in [0.2, 0.25) is 0 Å². The van der Waals surface area contributed by atoms with Crippen molar-refractivity contribution >= 4 is 5.97 Å². The summed E-state index contributed by atoms with van der Waals surface area (Å²) in [4.78, 5) is 10.3. The number of aliphatic carboxylic acids is 1. The molecule has 3 heteroatoms. The lowest BCUT2D eigenvalue weighted by Gasteiger charge is -2.04. The van der Waals surface area contributed by atoms with Crippen molar-refractivity contribution in [1.82, 2.24) is 0 Å². The minimum Gasteiger partial charge on any atom is -0.481 e. The number of aliphatic hydroxyl groups is 1. The Labute approximate surface area is 110 Å². The number of hydrogen-bond donors (Lipinski definition) is 2. The fourth-order valence-corrected chi connectivity index (χ4v) is 1.66. The van der Waals surface area contributed by atoms with Gasteiger partial charge in [-0.2, -0.15) is 0 Å². The standard InChI is InChI=1S/C15H26O3/c1-2-3-4-8-11-14(16)12-9-6-5-7-10-13-15(17)18/h3-4,8,11,14,16H,2,5-7,9-10,12-13H2,1H3,(H,17,18)/b4-3+,11-8+/t14-/m0/s1. The molecule has 3 nitrogen and oxygen atoms in total. The molecule has 0 rings (SSSR count).